The van der Waals surface area contributed by atoms with E-state index in [2.05, 4.69) is 60.6 Å². The molecule has 0 aliphatic heterocycles. The van der Waals surface area contributed by atoms with Crippen LogP contribution in [0.4, 0.5) is 0 Å². The molecule has 0 bridgehead atoms. The molecule has 0 N–H and O–H groups in total. The van der Waals surface area contributed by atoms with E-state index in [0.717, 1.165) is 43.2 Å². The predicted octanol–water partition coefficient (Wildman–Crippen LogP) is 13.5. The third-order valence-electron chi connectivity index (χ3n) is 8.60. The van der Waals surface area contributed by atoms with Crippen LogP contribution in [0.15, 0.2) is 12.1 Å². The number of benzene rings is 1. The first-order valence-corrected chi connectivity index (χ1v) is 17.4. The second kappa shape index (κ2) is 20.8. The predicted molar refractivity (Wildman–Crippen MR) is 175 cm³/mol. The molecule has 0 heterocycles. The van der Waals surface area contributed by atoms with Gasteiger partial charge < -0.3 is 0 Å². The molecular formula is C38H69O. The molecule has 1 nitrogen and oxygen atoms in total. The molecule has 0 saturated carbocycles. The lowest BCUT2D eigenvalue weighted by Gasteiger charge is -2.33. The fourth-order valence-corrected chi connectivity index (χ4v) is 6.55. The van der Waals surface area contributed by atoms with Crippen molar-refractivity contribution in [3.8, 4) is 5.75 Å². The zero-order valence-electron chi connectivity index (χ0n) is 27.8. The van der Waals surface area contributed by atoms with E-state index in [1.165, 1.54) is 121 Å². The first-order valence-electron chi connectivity index (χ1n) is 17.4. The Kier molecular flexibility index (Phi) is 19.3. The van der Waals surface area contributed by atoms with Gasteiger partial charge in [-0.05, 0) is 48.5 Å². The van der Waals surface area contributed by atoms with Crippen molar-refractivity contribution >= 4 is 0 Å². The molecule has 0 amide bonds. The summed E-state index contributed by atoms with van der Waals surface area (Å²) in [6.07, 6.45) is 29.9. The van der Waals surface area contributed by atoms with Crippen LogP contribution in [-0.4, -0.2) is 0 Å². The minimum atomic E-state index is 0.0883. The standard InChI is InChI=1S/C38H69O/c1-8-10-12-14-16-18-20-22-24-26-28-33-30-35(38(6,7)32-37(3,4)5)31-34(36(33)39)29-27-25-23-21-19-17-15-13-11-9-2/h30-31H,8-29,32H2,1-7H3. The average molecular weight is 542 g/mol. The molecule has 39 heavy (non-hydrogen) atoms. The Bertz CT molecular complexity index is 678. The molecule has 0 fully saturated rings. The van der Waals surface area contributed by atoms with Gasteiger partial charge in [-0.25, -0.2) is 0 Å². The summed E-state index contributed by atoms with van der Waals surface area (Å²) in [6, 6.07) is 4.59. The highest BCUT2D eigenvalue weighted by atomic mass is 16.3. The van der Waals surface area contributed by atoms with E-state index in [0.29, 0.717) is 5.75 Å². The minimum Gasteiger partial charge on any atom is -0.289 e. The van der Waals surface area contributed by atoms with Crippen molar-refractivity contribution in [3.63, 3.8) is 0 Å². The maximum absolute atomic E-state index is 13.5. The highest BCUT2D eigenvalue weighted by Crippen LogP contribution is 2.40. The Morgan fingerprint density at radius 2 is 0.795 bits per heavy atom. The van der Waals surface area contributed by atoms with Crippen LogP contribution in [0, 0.1) is 5.41 Å². The second-order valence-electron chi connectivity index (χ2n) is 14.6. The van der Waals surface area contributed by atoms with Gasteiger partial charge >= 0.3 is 0 Å². The van der Waals surface area contributed by atoms with Crippen molar-refractivity contribution in [2.24, 2.45) is 5.41 Å². The smallest absolute Gasteiger partial charge is 0.185 e. The summed E-state index contributed by atoms with van der Waals surface area (Å²) in [7, 11) is 0. The fraction of sp³-hybridized carbons (Fsp3) is 0.842. The molecule has 1 radical (unpaired) electrons. The van der Waals surface area contributed by atoms with E-state index in [-0.39, 0.29) is 10.8 Å². The summed E-state index contributed by atoms with van der Waals surface area (Å²) in [5.74, 6) is 0.358. The van der Waals surface area contributed by atoms with Crippen molar-refractivity contribution in [2.75, 3.05) is 0 Å². The molecule has 0 aliphatic rings. The number of hydrogen-bond acceptors (Lipinski definition) is 0. The molecule has 1 heteroatoms. The van der Waals surface area contributed by atoms with Crippen LogP contribution >= 0.6 is 0 Å². The molecule has 0 aliphatic carbocycles. The van der Waals surface area contributed by atoms with Gasteiger partial charge in [0.2, 0.25) is 0 Å². The van der Waals surface area contributed by atoms with Crippen molar-refractivity contribution in [1.29, 1.82) is 0 Å². The van der Waals surface area contributed by atoms with Gasteiger partial charge in [0.05, 0.1) is 0 Å². The van der Waals surface area contributed by atoms with E-state index in [1.807, 2.05) is 0 Å². The van der Waals surface area contributed by atoms with Gasteiger partial charge in [-0.15, -0.1) is 0 Å². The Morgan fingerprint density at radius 1 is 0.487 bits per heavy atom. The van der Waals surface area contributed by atoms with E-state index in [9.17, 15) is 5.11 Å². The van der Waals surface area contributed by atoms with E-state index >= 15 is 0 Å². The molecular weight excluding hydrogens is 472 g/mol. The summed E-state index contributed by atoms with van der Waals surface area (Å²) >= 11 is 0. The van der Waals surface area contributed by atoms with Crippen molar-refractivity contribution < 1.29 is 5.11 Å². The maximum atomic E-state index is 13.5. The largest absolute Gasteiger partial charge is 0.289 e. The Balaban J connectivity index is 2.64. The van der Waals surface area contributed by atoms with Gasteiger partial charge in [-0.2, -0.15) is 0 Å². The molecule has 1 aromatic rings. The number of unbranched alkanes of at least 4 members (excludes halogenated alkanes) is 18. The Labute approximate surface area is 246 Å². The molecule has 0 spiro atoms. The quantitative estimate of drug-likeness (QED) is 0.116. The first-order chi connectivity index (χ1) is 18.6. The van der Waals surface area contributed by atoms with Gasteiger partial charge in [0.1, 0.15) is 0 Å². The normalized spacial score (nSPS) is 12.4. The zero-order chi connectivity index (χ0) is 29.0. The summed E-state index contributed by atoms with van der Waals surface area (Å²) in [5, 5.41) is 13.5. The molecule has 1 aromatic carbocycles. The molecule has 0 unspecified atom stereocenters. The van der Waals surface area contributed by atoms with Crippen LogP contribution in [0.25, 0.3) is 0 Å². The van der Waals surface area contributed by atoms with Crippen molar-refractivity contribution in [2.45, 2.75) is 202 Å². The highest BCUT2D eigenvalue weighted by Gasteiger charge is 2.29. The first kappa shape index (κ1) is 36.0. The SMILES string of the molecule is CCCCCCCCCCCCc1cc(C(C)(C)CC(C)(C)C)cc(CCCCCCCCCCCC)c1[O]. The van der Waals surface area contributed by atoms with Crippen molar-refractivity contribution in [3.05, 3.63) is 28.8 Å². The lowest BCUT2D eigenvalue weighted by molar-refractivity contribution is 0.283. The number of aryl methyl sites for hydroxylation is 2. The van der Waals surface area contributed by atoms with Gasteiger partial charge in [0.15, 0.2) is 5.75 Å². The summed E-state index contributed by atoms with van der Waals surface area (Å²) in [4.78, 5) is 0. The van der Waals surface area contributed by atoms with Crippen LogP contribution in [-0.2, 0) is 23.4 Å². The summed E-state index contributed by atoms with van der Waals surface area (Å²) in [5.41, 5.74) is 3.94. The maximum Gasteiger partial charge on any atom is 0.185 e. The molecule has 0 aromatic heterocycles. The van der Waals surface area contributed by atoms with E-state index < -0.39 is 0 Å². The summed E-state index contributed by atoms with van der Waals surface area (Å²) < 4.78 is 0. The monoisotopic (exact) mass is 542 g/mol. The zero-order valence-corrected chi connectivity index (χ0v) is 27.8. The lowest BCUT2D eigenvalue weighted by atomic mass is 9.71. The van der Waals surface area contributed by atoms with Crippen LogP contribution in [0.5, 0.6) is 5.75 Å². The second-order valence-corrected chi connectivity index (χ2v) is 14.6. The van der Waals surface area contributed by atoms with Crippen LogP contribution < -0.4 is 0 Å². The molecule has 227 valence electrons. The summed E-state index contributed by atoms with van der Waals surface area (Å²) in [6.45, 7) is 16.4. The van der Waals surface area contributed by atoms with Gasteiger partial charge in [0, 0.05) is 11.1 Å². The highest BCUT2D eigenvalue weighted by molar-refractivity contribution is 5.46. The molecule has 0 atom stereocenters. The molecule has 0 saturated heterocycles. The minimum absolute atomic E-state index is 0.0883. The van der Waals surface area contributed by atoms with Crippen molar-refractivity contribution in [1.82, 2.24) is 0 Å². The third kappa shape index (κ3) is 17.4. The Morgan fingerprint density at radius 3 is 1.10 bits per heavy atom. The fourth-order valence-electron chi connectivity index (χ4n) is 6.55. The van der Waals surface area contributed by atoms with E-state index in [1.54, 1.807) is 0 Å². The number of rotatable bonds is 24. The lowest BCUT2D eigenvalue weighted by Crippen LogP contribution is -2.25. The van der Waals surface area contributed by atoms with Crippen LogP contribution in [0.1, 0.15) is 200 Å². The average Bonchev–Trinajstić information content (AvgIpc) is 2.86. The van der Waals surface area contributed by atoms with E-state index in [4.69, 9.17) is 0 Å². The van der Waals surface area contributed by atoms with Gasteiger partial charge in [-0.1, -0.05) is 176 Å². The van der Waals surface area contributed by atoms with Crippen LogP contribution in [0.2, 0.25) is 0 Å². The van der Waals surface area contributed by atoms with Gasteiger partial charge in [-0.3, -0.25) is 5.11 Å². The number of hydrogen-bond donors (Lipinski definition) is 0. The third-order valence-corrected chi connectivity index (χ3v) is 8.60. The van der Waals surface area contributed by atoms with Gasteiger partial charge in [0.25, 0.3) is 0 Å². The molecule has 1 rings (SSSR count). The van der Waals surface area contributed by atoms with Crippen LogP contribution in [0.3, 0.4) is 0 Å². The Hall–Kier alpha value is -0.980. The topological polar surface area (TPSA) is 19.9 Å².